The molecule has 0 saturated heterocycles. The van der Waals surface area contributed by atoms with Crippen LogP contribution < -0.4 is 5.32 Å². The number of nitrogens with one attached hydrogen (secondary N) is 1. The molecule has 1 heterocycles. The van der Waals surface area contributed by atoms with Crippen molar-refractivity contribution in [1.82, 2.24) is 20.1 Å². The molecule has 5 heteroatoms. The third-order valence-corrected chi connectivity index (χ3v) is 4.47. The quantitative estimate of drug-likeness (QED) is 0.900. The van der Waals surface area contributed by atoms with Crippen molar-refractivity contribution < 1.29 is 4.79 Å². The largest absolute Gasteiger partial charge is 0.346 e. The fraction of sp³-hybridized carbons (Fsp3) is 0.800. The van der Waals surface area contributed by atoms with Crippen molar-refractivity contribution in [2.24, 2.45) is 18.9 Å². The van der Waals surface area contributed by atoms with Crippen LogP contribution >= 0.6 is 0 Å². The molecule has 0 spiro atoms. The van der Waals surface area contributed by atoms with Gasteiger partial charge in [0.1, 0.15) is 6.33 Å². The van der Waals surface area contributed by atoms with Gasteiger partial charge in [0.25, 0.3) is 0 Å². The van der Waals surface area contributed by atoms with Crippen LogP contribution in [-0.2, 0) is 11.8 Å². The summed E-state index contributed by atoms with van der Waals surface area (Å²) in [5.41, 5.74) is 0. The summed E-state index contributed by atoms with van der Waals surface area (Å²) >= 11 is 0. The maximum atomic E-state index is 12.1. The number of aromatic nitrogens is 3. The summed E-state index contributed by atoms with van der Waals surface area (Å²) in [6.07, 6.45) is 8.85. The topological polar surface area (TPSA) is 59.8 Å². The highest BCUT2D eigenvalue weighted by atomic mass is 16.1. The minimum atomic E-state index is -0.0893. The first-order valence-electron chi connectivity index (χ1n) is 7.71. The van der Waals surface area contributed by atoms with Crippen LogP contribution in [-0.4, -0.2) is 20.7 Å². The summed E-state index contributed by atoms with van der Waals surface area (Å²) in [4.78, 5) is 12.1. The van der Waals surface area contributed by atoms with Gasteiger partial charge < -0.3 is 9.88 Å². The van der Waals surface area contributed by atoms with Gasteiger partial charge in [-0.3, -0.25) is 4.79 Å². The van der Waals surface area contributed by atoms with Crippen LogP contribution in [0, 0.1) is 11.8 Å². The average molecular weight is 278 g/mol. The summed E-state index contributed by atoms with van der Waals surface area (Å²) in [5, 5.41) is 10.9. The van der Waals surface area contributed by atoms with Crippen molar-refractivity contribution in [1.29, 1.82) is 0 Å². The minimum Gasteiger partial charge on any atom is -0.346 e. The van der Waals surface area contributed by atoms with E-state index in [2.05, 4.69) is 22.4 Å². The minimum absolute atomic E-state index is 0.0893. The third kappa shape index (κ3) is 3.81. The molecule has 1 aliphatic carbocycles. The monoisotopic (exact) mass is 278 g/mol. The van der Waals surface area contributed by atoms with E-state index in [1.165, 1.54) is 32.1 Å². The molecule has 2 atom stereocenters. The lowest BCUT2D eigenvalue weighted by molar-refractivity contribution is -0.123. The highest BCUT2D eigenvalue weighted by Gasteiger charge is 2.23. The summed E-state index contributed by atoms with van der Waals surface area (Å²) in [6, 6.07) is -0.0893. The van der Waals surface area contributed by atoms with Crippen molar-refractivity contribution in [2.45, 2.75) is 58.4 Å². The van der Waals surface area contributed by atoms with Crippen molar-refractivity contribution in [3.05, 3.63) is 12.2 Å². The van der Waals surface area contributed by atoms with E-state index in [1.54, 1.807) is 6.33 Å². The first-order chi connectivity index (χ1) is 9.58. The van der Waals surface area contributed by atoms with Crippen molar-refractivity contribution in [2.75, 3.05) is 0 Å². The summed E-state index contributed by atoms with van der Waals surface area (Å²) < 4.78 is 1.84. The maximum Gasteiger partial charge on any atom is 0.220 e. The molecular formula is C15H26N4O. The molecule has 1 N–H and O–H groups in total. The van der Waals surface area contributed by atoms with E-state index in [0.717, 1.165) is 11.7 Å². The number of carbonyl (C=O) groups is 1. The Morgan fingerprint density at radius 1 is 1.40 bits per heavy atom. The van der Waals surface area contributed by atoms with Gasteiger partial charge >= 0.3 is 0 Å². The Morgan fingerprint density at radius 3 is 2.70 bits per heavy atom. The highest BCUT2D eigenvalue weighted by molar-refractivity contribution is 5.76. The summed E-state index contributed by atoms with van der Waals surface area (Å²) in [7, 11) is 1.89. The smallest absolute Gasteiger partial charge is 0.220 e. The Hall–Kier alpha value is -1.39. The fourth-order valence-corrected chi connectivity index (χ4v) is 3.21. The molecule has 0 unspecified atom stereocenters. The Kier molecular flexibility index (Phi) is 5.15. The standard InChI is InChI=1S/C15H26N4O/c1-11(13-7-5-4-6-8-13)9-14(20)17-12(2)15-18-16-10-19(15)3/h10-13H,4-9H2,1-3H3,(H,17,20)/t11-,12+/m1/s1. The van der Waals surface area contributed by atoms with Gasteiger partial charge in [-0.25, -0.2) is 0 Å². The SMILES string of the molecule is C[C@H](NC(=O)C[C@@H](C)C1CCCCC1)c1nncn1C. The number of carbonyl (C=O) groups excluding carboxylic acids is 1. The molecule has 1 aromatic heterocycles. The molecule has 0 aromatic carbocycles. The first-order valence-corrected chi connectivity index (χ1v) is 7.71. The maximum absolute atomic E-state index is 12.1. The van der Waals surface area contributed by atoms with Gasteiger partial charge in [-0.2, -0.15) is 0 Å². The molecule has 0 aliphatic heterocycles. The zero-order chi connectivity index (χ0) is 14.5. The van der Waals surface area contributed by atoms with Crippen LogP contribution in [0.25, 0.3) is 0 Å². The van der Waals surface area contributed by atoms with Gasteiger partial charge in [-0.15, -0.1) is 10.2 Å². The zero-order valence-corrected chi connectivity index (χ0v) is 12.8. The Balaban J connectivity index is 1.81. The molecule has 112 valence electrons. The van der Waals surface area contributed by atoms with E-state index < -0.39 is 0 Å². The van der Waals surface area contributed by atoms with Gasteiger partial charge in [0.2, 0.25) is 5.91 Å². The van der Waals surface area contributed by atoms with Crippen LogP contribution in [0.3, 0.4) is 0 Å². The van der Waals surface area contributed by atoms with Gasteiger partial charge in [0.15, 0.2) is 5.82 Å². The van der Waals surface area contributed by atoms with E-state index in [9.17, 15) is 4.79 Å². The lowest BCUT2D eigenvalue weighted by Crippen LogP contribution is -2.31. The van der Waals surface area contributed by atoms with E-state index in [0.29, 0.717) is 12.3 Å². The molecule has 0 bridgehead atoms. The van der Waals surface area contributed by atoms with E-state index in [1.807, 2.05) is 18.5 Å². The highest BCUT2D eigenvalue weighted by Crippen LogP contribution is 2.31. The lowest BCUT2D eigenvalue weighted by atomic mass is 9.79. The second-order valence-electron chi connectivity index (χ2n) is 6.17. The molecule has 20 heavy (non-hydrogen) atoms. The molecule has 1 aliphatic rings. The molecule has 1 amide bonds. The zero-order valence-electron chi connectivity index (χ0n) is 12.8. The van der Waals surface area contributed by atoms with Gasteiger partial charge in [0.05, 0.1) is 6.04 Å². The number of nitrogens with zero attached hydrogens (tertiary/aromatic N) is 3. The van der Waals surface area contributed by atoms with Gasteiger partial charge in [-0.1, -0.05) is 39.0 Å². The summed E-state index contributed by atoms with van der Waals surface area (Å²) in [6.45, 7) is 4.16. The third-order valence-electron chi connectivity index (χ3n) is 4.47. The van der Waals surface area contributed by atoms with Crippen molar-refractivity contribution in [3.63, 3.8) is 0 Å². The second-order valence-corrected chi connectivity index (χ2v) is 6.17. The van der Waals surface area contributed by atoms with Crippen LogP contribution in [0.2, 0.25) is 0 Å². The second kappa shape index (κ2) is 6.86. The number of aryl methyl sites for hydroxylation is 1. The van der Waals surface area contributed by atoms with Crippen LogP contribution in [0.5, 0.6) is 0 Å². The van der Waals surface area contributed by atoms with Gasteiger partial charge in [0, 0.05) is 13.5 Å². The average Bonchev–Trinajstić information content (AvgIpc) is 2.86. The Morgan fingerprint density at radius 2 is 2.10 bits per heavy atom. The molecule has 0 radical (unpaired) electrons. The predicted molar refractivity (Wildman–Crippen MR) is 77.9 cm³/mol. The normalized spacial score (nSPS) is 19.6. The Bertz CT molecular complexity index is 437. The first kappa shape index (κ1) is 15.0. The molecule has 2 rings (SSSR count). The molecule has 1 aromatic rings. The van der Waals surface area contributed by atoms with Crippen LogP contribution in [0.1, 0.15) is 64.2 Å². The fourth-order valence-electron chi connectivity index (χ4n) is 3.21. The molecular weight excluding hydrogens is 252 g/mol. The molecule has 5 nitrogen and oxygen atoms in total. The Labute approximate surface area is 121 Å². The van der Waals surface area contributed by atoms with E-state index >= 15 is 0 Å². The number of rotatable bonds is 5. The lowest BCUT2D eigenvalue weighted by Gasteiger charge is -2.27. The number of hydrogen-bond acceptors (Lipinski definition) is 3. The van der Waals surface area contributed by atoms with E-state index in [4.69, 9.17) is 0 Å². The van der Waals surface area contributed by atoms with E-state index in [-0.39, 0.29) is 11.9 Å². The number of amides is 1. The van der Waals surface area contributed by atoms with Gasteiger partial charge in [-0.05, 0) is 18.8 Å². The predicted octanol–water partition coefficient (Wildman–Crippen LogP) is 2.60. The van der Waals surface area contributed by atoms with Crippen molar-refractivity contribution >= 4 is 5.91 Å². The molecule has 1 saturated carbocycles. The molecule has 1 fully saturated rings. The number of hydrogen-bond donors (Lipinski definition) is 1. The van der Waals surface area contributed by atoms with Crippen LogP contribution in [0.4, 0.5) is 0 Å². The summed E-state index contributed by atoms with van der Waals surface area (Å²) in [5.74, 6) is 2.11. The van der Waals surface area contributed by atoms with Crippen molar-refractivity contribution in [3.8, 4) is 0 Å². The van der Waals surface area contributed by atoms with Crippen LogP contribution in [0.15, 0.2) is 6.33 Å².